The summed E-state index contributed by atoms with van der Waals surface area (Å²) in [5.41, 5.74) is 3.40. The highest BCUT2D eigenvalue weighted by molar-refractivity contribution is 5.60. The summed E-state index contributed by atoms with van der Waals surface area (Å²) in [6.07, 6.45) is -0.612. The molecular formula is C14H19N5O2. The zero-order valence-electron chi connectivity index (χ0n) is 11.8. The van der Waals surface area contributed by atoms with Crippen molar-refractivity contribution in [3.63, 3.8) is 0 Å². The molecule has 0 amide bonds. The quantitative estimate of drug-likeness (QED) is 0.442. The number of hydrogen-bond donors (Lipinski definition) is 4. The van der Waals surface area contributed by atoms with Gasteiger partial charge in [0.1, 0.15) is 11.6 Å². The maximum Gasteiger partial charge on any atom is 0.163 e. The standard InChI is InChI=1S/C14H19N5O2/c1-21-9-11(20)8-16-12-7-13(19-15)18-14(17-12)10-5-3-2-4-6-10/h2-7,11,20H,8-9,15H2,1H3,(H2,16,17,18,19). The molecule has 0 aliphatic carbocycles. The number of rotatable bonds is 7. The predicted octanol–water partition coefficient (Wildman–Crippen LogP) is 0.848. The summed E-state index contributed by atoms with van der Waals surface area (Å²) in [6.45, 7) is 0.578. The number of hydrogen-bond acceptors (Lipinski definition) is 7. The Morgan fingerprint density at radius 1 is 1.24 bits per heavy atom. The minimum Gasteiger partial charge on any atom is -0.389 e. The molecule has 0 spiro atoms. The van der Waals surface area contributed by atoms with Crippen molar-refractivity contribution in [3.05, 3.63) is 36.4 Å². The first-order valence-electron chi connectivity index (χ1n) is 6.55. The summed E-state index contributed by atoms with van der Waals surface area (Å²) in [5.74, 6) is 7.05. The second-order valence-electron chi connectivity index (χ2n) is 4.46. The molecule has 0 aliphatic heterocycles. The van der Waals surface area contributed by atoms with Crippen molar-refractivity contribution >= 4 is 11.6 Å². The number of nitrogens with zero attached hydrogens (tertiary/aromatic N) is 2. The first-order chi connectivity index (χ1) is 10.2. The SMILES string of the molecule is COCC(O)CNc1cc(NN)nc(-c2ccccc2)n1. The third kappa shape index (κ3) is 4.38. The van der Waals surface area contributed by atoms with Crippen LogP contribution in [0.5, 0.6) is 0 Å². The highest BCUT2D eigenvalue weighted by Gasteiger charge is 2.08. The van der Waals surface area contributed by atoms with Crippen LogP contribution >= 0.6 is 0 Å². The highest BCUT2D eigenvalue weighted by atomic mass is 16.5. The van der Waals surface area contributed by atoms with E-state index in [1.54, 1.807) is 6.07 Å². The number of aliphatic hydroxyl groups is 1. The second-order valence-corrected chi connectivity index (χ2v) is 4.46. The fourth-order valence-corrected chi connectivity index (χ4v) is 1.80. The lowest BCUT2D eigenvalue weighted by Gasteiger charge is -2.13. The Kier molecular flexibility index (Phi) is 5.44. The van der Waals surface area contributed by atoms with Crippen LogP contribution in [0.2, 0.25) is 0 Å². The molecule has 2 aromatic rings. The first-order valence-corrected chi connectivity index (χ1v) is 6.55. The molecule has 2 rings (SSSR count). The van der Waals surface area contributed by atoms with Gasteiger partial charge in [-0.2, -0.15) is 0 Å². The van der Waals surface area contributed by atoms with Gasteiger partial charge in [0.2, 0.25) is 0 Å². The van der Waals surface area contributed by atoms with Crippen LogP contribution in [0, 0.1) is 0 Å². The fraction of sp³-hybridized carbons (Fsp3) is 0.286. The third-order valence-corrected chi connectivity index (χ3v) is 2.78. The Hall–Kier alpha value is -2.22. The number of nitrogens with one attached hydrogen (secondary N) is 2. The number of methoxy groups -OCH3 is 1. The van der Waals surface area contributed by atoms with E-state index < -0.39 is 6.10 Å². The zero-order chi connectivity index (χ0) is 15.1. The molecule has 1 atom stereocenters. The van der Waals surface area contributed by atoms with Gasteiger partial charge in [-0.3, -0.25) is 0 Å². The van der Waals surface area contributed by atoms with Gasteiger partial charge in [-0.05, 0) is 0 Å². The van der Waals surface area contributed by atoms with Crippen molar-refractivity contribution < 1.29 is 9.84 Å². The summed E-state index contributed by atoms with van der Waals surface area (Å²) in [6, 6.07) is 11.3. The van der Waals surface area contributed by atoms with E-state index in [1.165, 1.54) is 7.11 Å². The monoisotopic (exact) mass is 289 g/mol. The van der Waals surface area contributed by atoms with Crippen molar-refractivity contribution in [1.29, 1.82) is 0 Å². The Morgan fingerprint density at radius 2 is 1.95 bits per heavy atom. The molecule has 1 aromatic carbocycles. The summed E-state index contributed by atoms with van der Waals surface area (Å²) in [7, 11) is 1.54. The van der Waals surface area contributed by atoms with Crippen LogP contribution in [0.15, 0.2) is 36.4 Å². The molecule has 0 aliphatic rings. The van der Waals surface area contributed by atoms with E-state index in [0.29, 0.717) is 24.0 Å². The van der Waals surface area contributed by atoms with Crippen LogP contribution in [-0.2, 0) is 4.74 Å². The highest BCUT2D eigenvalue weighted by Crippen LogP contribution is 2.19. The van der Waals surface area contributed by atoms with Gasteiger partial charge in [-0.15, -0.1) is 0 Å². The number of nitrogen functional groups attached to an aromatic ring is 1. The normalized spacial score (nSPS) is 12.0. The van der Waals surface area contributed by atoms with E-state index >= 15 is 0 Å². The minimum absolute atomic E-state index is 0.256. The molecule has 0 fully saturated rings. The molecule has 0 radical (unpaired) electrons. The Bertz CT molecular complexity index is 565. The number of anilines is 2. The van der Waals surface area contributed by atoms with Gasteiger partial charge < -0.3 is 20.6 Å². The molecule has 1 aromatic heterocycles. The maximum atomic E-state index is 9.65. The van der Waals surface area contributed by atoms with Crippen molar-refractivity contribution in [2.24, 2.45) is 5.84 Å². The number of hydrazine groups is 1. The van der Waals surface area contributed by atoms with Crippen LogP contribution in [0.1, 0.15) is 0 Å². The lowest BCUT2D eigenvalue weighted by atomic mass is 10.2. The van der Waals surface area contributed by atoms with E-state index in [1.807, 2.05) is 30.3 Å². The van der Waals surface area contributed by atoms with Crippen LogP contribution in [0.3, 0.4) is 0 Å². The average molecular weight is 289 g/mol. The molecule has 7 nitrogen and oxygen atoms in total. The molecule has 112 valence electrons. The Labute approximate surface area is 123 Å². The van der Waals surface area contributed by atoms with Crippen LogP contribution < -0.4 is 16.6 Å². The second kappa shape index (κ2) is 7.53. The number of benzene rings is 1. The number of aliphatic hydroxyl groups excluding tert-OH is 1. The Morgan fingerprint density at radius 3 is 2.62 bits per heavy atom. The van der Waals surface area contributed by atoms with Crippen molar-refractivity contribution in [2.45, 2.75) is 6.10 Å². The fourth-order valence-electron chi connectivity index (χ4n) is 1.80. The molecule has 0 saturated heterocycles. The van der Waals surface area contributed by atoms with Gasteiger partial charge in [0.25, 0.3) is 0 Å². The topological polar surface area (TPSA) is 105 Å². The maximum absolute atomic E-state index is 9.65. The lowest BCUT2D eigenvalue weighted by Crippen LogP contribution is -2.24. The third-order valence-electron chi connectivity index (χ3n) is 2.78. The van der Waals surface area contributed by atoms with Crippen molar-refractivity contribution in [1.82, 2.24) is 9.97 Å². The molecule has 0 bridgehead atoms. The van der Waals surface area contributed by atoms with E-state index in [9.17, 15) is 5.11 Å². The zero-order valence-corrected chi connectivity index (χ0v) is 11.8. The van der Waals surface area contributed by atoms with Gasteiger partial charge in [-0.1, -0.05) is 30.3 Å². The molecule has 1 unspecified atom stereocenters. The molecular weight excluding hydrogens is 270 g/mol. The van der Waals surface area contributed by atoms with E-state index in [0.717, 1.165) is 5.56 Å². The minimum atomic E-state index is -0.612. The van der Waals surface area contributed by atoms with E-state index in [-0.39, 0.29) is 6.61 Å². The van der Waals surface area contributed by atoms with Crippen LogP contribution in [0.4, 0.5) is 11.6 Å². The summed E-state index contributed by atoms with van der Waals surface area (Å²) >= 11 is 0. The smallest absolute Gasteiger partial charge is 0.163 e. The van der Waals surface area contributed by atoms with Crippen LogP contribution in [0.25, 0.3) is 11.4 Å². The Balaban J connectivity index is 2.18. The largest absolute Gasteiger partial charge is 0.389 e. The molecule has 7 heteroatoms. The van der Waals surface area contributed by atoms with E-state index in [4.69, 9.17) is 10.6 Å². The van der Waals surface area contributed by atoms with Gasteiger partial charge in [0, 0.05) is 25.3 Å². The number of nitrogens with two attached hydrogens (primary N) is 1. The van der Waals surface area contributed by atoms with Crippen LogP contribution in [-0.4, -0.2) is 41.4 Å². The van der Waals surface area contributed by atoms with Gasteiger partial charge >= 0.3 is 0 Å². The number of ether oxygens (including phenoxy) is 1. The summed E-state index contributed by atoms with van der Waals surface area (Å²) in [5, 5.41) is 12.7. The summed E-state index contributed by atoms with van der Waals surface area (Å²) < 4.78 is 4.87. The molecule has 1 heterocycles. The predicted molar refractivity (Wildman–Crippen MR) is 81.7 cm³/mol. The molecule has 0 saturated carbocycles. The van der Waals surface area contributed by atoms with Gasteiger partial charge in [-0.25, -0.2) is 15.8 Å². The van der Waals surface area contributed by atoms with Gasteiger partial charge in [0.05, 0.1) is 12.7 Å². The lowest BCUT2D eigenvalue weighted by molar-refractivity contribution is 0.0727. The average Bonchev–Trinajstić information content (AvgIpc) is 2.54. The van der Waals surface area contributed by atoms with E-state index in [2.05, 4.69) is 20.7 Å². The number of aromatic nitrogens is 2. The van der Waals surface area contributed by atoms with Crippen molar-refractivity contribution in [2.75, 3.05) is 31.0 Å². The summed E-state index contributed by atoms with van der Waals surface area (Å²) in [4.78, 5) is 8.73. The van der Waals surface area contributed by atoms with Crippen molar-refractivity contribution in [3.8, 4) is 11.4 Å². The molecule has 5 N–H and O–H groups in total. The van der Waals surface area contributed by atoms with Gasteiger partial charge in [0.15, 0.2) is 5.82 Å². The molecule has 21 heavy (non-hydrogen) atoms. The first kappa shape index (κ1) is 15.2.